The second-order valence-corrected chi connectivity index (χ2v) is 6.88. The van der Waals surface area contributed by atoms with Gasteiger partial charge in [-0.05, 0) is 46.0 Å². The smallest absolute Gasteiger partial charge is 0.119 e. The Hall–Kier alpha value is -0.630. The molecule has 2 heteroatoms. The molecule has 0 saturated carbocycles. The summed E-state index contributed by atoms with van der Waals surface area (Å²) in [6, 6.07) is 0. The maximum Gasteiger partial charge on any atom is 0.119 e. The molecule has 0 rings (SSSR count). The minimum atomic E-state index is 0.325. The Kier molecular flexibility index (Phi) is 17.2. The van der Waals surface area contributed by atoms with E-state index in [2.05, 4.69) is 32.9 Å². The molecule has 0 aliphatic heterocycles. The third kappa shape index (κ3) is 17.6. The zero-order valence-corrected chi connectivity index (χ0v) is 15.9. The first-order valence-electron chi connectivity index (χ1n) is 9.94. The summed E-state index contributed by atoms with van der Waals surface area (Å²) >= 11 is 0. The van der Waals surface area contributed by atoms with Gasteiger partial charge in [-0.1, -0.05) is 64.0 Å². The summed E-state index contributed by atoms with van der Waals surface area (Å²) in [4.78, 5) is 10.2. The van der Waals surface area contributed by atoms with Crippen LogP contribution in [0.15, 0.2) is 12.2 Å². The van der Waals surface area contributed by atoms with Crippen LogP contribution in [0.25, 0.3) is 0 Å². The summed E-state index contributed by atoms with van der Waals surface area (Å²) in [6.07, 6.45) is 21.9. The molecule has 0 spiro atoms. The maximum atomic E-state index is 10.2. The molecular formula is C21H40O2. The highest BCUT2D eigenvalue weighted by Crippen LogP contribution is 2.14. The molecule has 0 N–H and O–H groups in total. The molecule has 23 heavy (non-hydrogen) atoms. The van der Waals surface area contributed by atoms with E-state index >= 15 is 0 Å². The zero-order chi connectivity index (χ0) is 17.2. The van der Waals surface area contributed by atoms with Crippen molar-refractivity contribution in [1.82, 2.24) is 0 Å². The maximum absolute atomic E-state index is 10.2. The Morgan fingerprint density at radius 1 is 0.826 bits per heavy atom. The fourth-order valence-corrected chi connectivity index (χ4v) is 2.81. The minimum Gasteiger partial charge on any atom is -0.375 e. The molecule has 0 aliphatic carbocycles. The summed E-state index contributed by atoms with van der Waals surface area (Å²) in [7, 11) is 0. The van der Waals surface area contributed by atoms with Gasteiger partial charge in [-0.2, -0.15) is 0 Å². The monoisotopic (exact) mass is 324 g/mol. The summed E-state index contributed by atoms with van der Waals surface area (Å²) in [5.41, 5.74) is 0. The molecule has 0 aromatic rings. The molecule has 0 aromatic carbocycles. The second-order valence-electron chi connectivity index (χ2n) is 6.88. The average Bonchev–Trinajstić information content (AvgIpc) is 2.52. The van der Waals surface area contributed by atoms with Crippen LogP contribution in [0.4, 0.5) is 0 Å². The molecule has 0 heterocycles. The van der Waals surface area contributed by atoms with Gasteiger partial charge in [0.05, 0.1) is 12.2 Å². The lowest BCUT2D eigenvalue weighted by Crippen LogP contribution is -2.17. The van der Waals surface area contributed by atoms with Gasteiger partial charge in [-0.25, -0.2) is 0 Å². The van der Waals surface area contributed by atoms with Crippen LogP contribution in [0.1, 0.15) is 104 Å². The van der Waals surface area contributed by atoms with Crippen LogP contribution in [0.3, 0.4) is 0 Å². The summed E-state index contributed by atoms with van der Waals surface area (Å²) in [5, 5.41) is 0. The van der Waals surface area contributed by atoms with Crippen LogP contribution in [-0.4, -0.2) is 18.5 Å². The molecule has 0 radical (unpaired) electrons. The average molecular weight is 325 g/mol. The van der Waals surface area contributed by atoms with Crippen molar-refractivity contribution in [1.29, 1.82) is 0 Å². The number of carbonyl (C=O) groups is 1. The van der Waals surface area contributed by atoms with Crippen molar-refractivity contribution in [3.63, 3.8) is 0 Å². The van der Waals surface area contributed by atoms with E-state index in [1.165, 1.54) is 64.2 Å². The van der Waals surface area contributed by atoms with Crippen LogP contribution in [-0.2, 0) is 9.53 Å². The highest BCUT2D eigenvalue weighted by Gasteiger charge is 2.09. The van der Waals surface area contributed by atoms with Crippen molar-refractivity contribution >= 4 is 6.29 Å². The van der Waals surface area contributed by atoms with Gasteiger partial charge >= 0.3 is 0 Å². The first-order chi connectivity index (χ1) is 11.2. The van der Waals surface area contributed by atoms with E-state index in [4.69, 9.17) is 4.74 Å². The summed E-state index contributed by atoms with van der Waals surface area (Å²) in [5.74, 6) is 0. The standard InChI is InChI=1S/C21H40O2/c1-4-5-6-14-17-21(23-20(2)3)18-15-12-10-8-7-9-11-13-16-19-22/h12,15,19-21H,4-11,13-14,16-18H2,1-3H3/b15-12-. The molecule has 0 bridgehead atoms. The first-order valence-corrected chi connectivity index (χ1v) is 9.94. The van der Waals surface area contributed by atoms with E-state index in [0.29, 0.717) is 12.2 Å². The Balaban J connectivity index is 3.67. The molecule has 0 saturated heterocycles. The summed E-state index contributed by atoms with van der Waals surface area (Å²) in [6.45, 7) is 6.52. The SMILES string of the molecule is CCCCCCC(C/C=C\CCCCCCCC=O)OC(C)C. The van der Waals surface area contributed by atoms with Crippen LogP contribution in [0.5, 0.6) is 0 Å². The Bertz CT molecular complexity index is 271. The lowest BCUT2D eigenvalue weighted by Gasteiger charge is -2.19. The van der Waals surface area contributed by atoms with Gasteiger partial charge in [0.2, 0.25) is 0 Å². The first kappa shape index (κ1) is 22.4. The quantitative estimate of drug-likeness (QED) is 0.170. The molecular weight excluding hydrogens is 284 g/mol. The van der Waals surface area contributed by atoms with Gasteiger partial charge in [-0.3, -0.25) is 0 Å². The normalized spacial score (nSPS) is 13.0. The van der Waals surface area contributed by atoms with Crippen LogP contribution < -0.4 is 0 Å². The predicted octanol–water partition coefficient (Wildman–Crippen LogP) is 6.63. The van der Waals surface area contributed by atoms with E-state index in [1.54, 1.807) is 0 Å². The molecule has 0 fully saturated rings. The Morgan fingerprint density at radius 3 is 2.13 bits per heavy atom. The number of unbranched alkanes of at least 4 members (excludes halogenated alkanes) is 9. The number of hydrogen-bond donors (Lipinski definition) is 0. The molecule has 2 nitrogen and oxygen atoms in total. The Morgan fingerprint density at radius 2 is 1.48 bits per heavy atom. The predicted molar refractivity (Wildman–Crippen MR) is 101 cm³/mol. The van der Waals surface area contributed by atoms with E-state index in [-0.39, 0.29) is 0 Å². The lowest BCUT2D eigenvalue weighted by atomic mass is 10.1. The van der Waals surface area contributed by atoms with Crippen molar-refractivity contribution in [2.75, 3.05) is 0 Å². The lowest BCUT2D eigenvalue weighted by molar-refractivity contribution is -0.107. The van der Waals surface area contributed by atoms with E-state index in [0.717, 1.165) is 25.5 Å². The molecule has 136 valence electrons. The van der Waals surface area contributed by atoms with E-state index in [9.17, 15) is 4.79 Å². The number of ether oxygens (including phenoxy) is 1. The van der Waals surface area contributed by atoms with Gasteiger partial charge in [0.15, 0.2) is 0 Å². The fourth-order valence-electron chi connectivity index (χ4n) is 2.81. The van der Waals surface area contributed by atoms with Crippen molar-refractivity contribution in [3.05, 3.63) is 12.2 Å². The topological polar surface area (TPSA) is 26.3 Å². The molecule has 0 amide bonds. The second kappa shape index (κ2) is 17.7. The molecule has 1 unspecified atom stereocenters. The highest BCUT2D eigenvalue weighted by atomic mass is 16.5. The minimum absolute atomic E-state index is 0.325. The van der Waals surface area contributed by atoms with Gasteiger partial charge in [0, 0.05) is 6.42 Å². The number of rotatable bonds is 17. The number of allylic oxidation sites excluding steroid dienone is 1. The van der Waals surface area contributed by atoms with Gasteiger partial charge < -0.3 is 9.53 Å². The van der Waals surface area contributed by atoms with Gasteiger partial charge in [0.25, 0.3) is 0 Å². The number of hydrogen-bond acceptors (Lipinski definition) is 2. The van der Waals surface area contributed by atoms with Crippen molar-refractivity contribution in [2.24, 2.45) is 0 Å². The largest absolute Gasteiger partial charge is 0.375 e. The molecule has 1 atom stereocenters. The summed E-state index contributed by atoms with van der Waals surface area (Å²) < 4.78 is 6.03. The van der Waals surface area contributed by atoms with E-state index in [1.807, 2.05) is 0 Å². The number of carbonyl (C=O) groups excluding carboxylic acids is 1. The zero-order valence-electron chi connectivity index (χ0n) is 15.9. The Labute approximate surface area is 145 Å². The van der Waals surface area contributed by atoms with E-state index < -0.39 is 0 Å². The van der Waals surface area contributed by atoms with Crippen molar-refractivity contribution in [3.8, 4) is 0 Å². The third-order valence-corrected chi connectivity index (χ3v) is 4.10. The molecule has 0 aromatic heterocycles. The van der Waals surface area contributed by atoms with Crippen molar-refractivity contribution in [2.45, 2.75) is 116 Å². The van der Waals surface area contributed by atoms with Crippen LogP contribution in [0.2, 0.25) is 0 Å². The molecule has 0 aliphatic rings. The van der Waals surface area contributed by atoms with Crippen LogP contribution >= 0.6 is 0 Å². The number of aldehydes is 1. The van der Waals surface area contributed by atoms with Crippen molar-refractivity contribution < 1.29 is 9.53 Å². The highest BCUT2D eigenvalue weighted by molar-refractivity contribution is 5.48. The fraction of sp³-hybridized carbons (Fsp3) is 0.857. The van der Waals surface area contributed by atoms with Gasteiger partial charge in [0.1, 0.15) is 6.29 Å². The van der Waals surface area contributed by atoms with Crippen LogP contribution in [0, 0.1) is 0 Å². The third-order valence-electron chi connectivity index (χ3n) is 4.10. The van der Waals surface area contributed by atoms with Gasteiger partial charge in [-0.15, -0.1) is 0 Å².